The Kier molecular flexibility index (Phi) is 7.12. The molecule has 1 aliphatic heterocycles. The third kappa shape index (κ3) is 5.78. The molecule has 0 unspecified atom stereocenters. The van der Waals surface area contributed by atoms with Gasteiger partial charge in [-0.05, 0) is 42.7 Å². The molecule has 0 fully saturated rings. The predicted octanol–water partition coefficient (Wildman–Crippen LogP) is 5.64. The van der Waals surface area contributed by atoms with E-state index in [2.05, 4.69) is 0 Å². The summed E-state index contributed by atoms with van der Waals surface area (Å²) in [6.45, 7) is 1.57. The Morgan fingerprint density at radius 3 is 2.15 bits per heavy atom. The van der Waals surface area contributed by atoms with Crippen molar-refractivity contribution in [1.82, 2.24) is 4.90 Å². The minimum Gasteiger partial charge on any atom is -0.457 e. The molecule has 0 aromatic heterocycles. The van der Waals surface area contributed by atoms with Crippen molar-refractivity contribution in [3.8, 4) is 11.5 Å². The minimum absolute atomic E-state index is 0. The molecule has 140 valence electrons. The smallest absolute Gasteiger partial charge is 0.412 e. The zero-order chi connectivity index (χ0) is 17.7. The second-order valence-corrected chi connectivity index (χ2v) is 6.09. The summed E-state index contributed by atoms with van der Waals surface area (Å²) in [6, 6.07) is 17.4. The van der Waals surface area contributed by atoms with Crippen molar-refractivity contribution in [3.63, 3.8) is 0 Å². The number of nitrogens with zero attached hydrogens (tertiary/aromatic N) is 1. The Bertz CT molecular complexity index is 714. The van der Waals surface area contributed by atoms with E-state index < -0.39 is 11.7 Å². The van der Waals surface area contributed by atoms with Gasteiger partial charge in [0, 0.05) is 25.2 Å². The van der Waals surface area contributed by atoms with Crippen LogP contribution in [0.3, 0.4) is 0 Å². The summed E-state index contributed by atoms with van der Waals surface area (Å²) in [4.78, 5) is 2.05. The van der Waals surface area contributed by atoms with Crippen molar-refractivity contribution in [2.75, 3.05) is 19.6 Å². The highest BCUT2D eigenvalue weighted by atomic mass is 35.5. The molecule has 0 aliphatic carbocycles. The number of hydrogen-bond acceptors (Lipinski definition) is 2. The van der Waals surface area contributed by atoms with Gasteiger partial charge in [0.05, 0.1) is 0 Å². The standard InChI is InChI=1S/C20H20F3NO.ClH/c21-20(22,23)17-11-14-24(15-12-17)13-10-16-6-8-19(9-7-16)25-18-4-2-1-3-5-18;/h1-9,11H,10,12-15H2;1H. The van der Waals surface area contributed by atoms with Gasteiger partial charge < -0.3 is 4.74 Å². The number of halogens is 4. The van der Waals surface area contributed by atoms with Crippen LogP contribution in [0.15, 0.2) is 66.2 Å². The average molecular weight is 384 g/mol. The number of alkyl halides is 3. The Morgan fingerprint density at radius 2 is 1.58 bits per heavy atom. The monoisotopic (exact) mass is 383 g/mol. The molecule has 3 rings (SSSR count). The molecule has 1 aliphatic rings. The third-order valence-electron chi connectivity index (χ3n) is 4.28. The average Bonchev–Trinajstić information content (AvgIpc) is 2.62. The summed E-state index contributed by atoms with van der Waals surface area (Å²) in [7, 11) is 0. The fourth-order valence-corrected chi connectivity index (χ4v) is 2.81. The molecule has 6 heteroatoms. The Hall–Kier alpha value is -1.98. The first kappa shape index (κ1) is 20.3. The van der Waals surface area contributed by atoms with Crippen molar-refractivity contribution in [3.05, 3.63) is 71.8 Å². The van der Waals surface area contributed by atoms with Gasteiger partial charge in [0.1, 0.15) is 11.5 Å². The molecule has 26 heavy (non-hydrogen) atoms. The van der Waals surface area contributed by atoms with E-state index in [4.69, 9.17) is 4.74 Å². The van der Waals surface area contributed by atoms with Crippen LogP contribution in [0.1, 0.15) is 12.0 Å². The highest BCUT2D eigenvalue weighted by molar-refractivity contribution is 5.85. The van der Waals surface area contributed by atoms with Crippen LogP contribution in [-0.4, -0.2) is 30.7 Å². The maximum atomic E-state index is 12.6. The first-order valence-electron chi connectivity index (χ1n) is 8.31. The molecule has 2 aromatic carbocycles. The van der Waals surface area contributed by atoms with E-state index in [9.17, 15) is 13.2 Å². The molecule has 1 heterocycles. The van der Waals surface area contributed by atoms with Crippen molar-refractivity contribution < 1.29 is 17.9 Å². The van der Waals surface area contributed by atoms with Crippen molar-refractivity contribution >= 4 is 12.4 Å². The van der Waals surface area contributed by atoms with E-state index in [0.717, 1.165) is 30.0 Å². The van der Waals surface area contributed by atoms with Crippen LogP contribution >= 0.6 is 12.4 Å². The van der Waals surface area contributed by atoms with Gasteiger partial charge in [0.25, 0.3) is 0 Å². The van der Waals surface area contributed by atoms with E-state index in [1.165, 1.54) is 6.08 Å². The molecular formula is C20H21ClF3NO. The second kappa shape index (κ2) is 9.10. The quantitative estimate of drug-likeness (QED) is 0.620. The van der Waals surface area contributed by atoms with Gasteiger partial charge in [0.2, 0.25) is 0 Å². The Morgan fingerprint density at radius 1 is 0.923 bits per heavy atom. The molecule has 2 aromatic rings. The van der Waals surface area contributed by atoms with Crippen LogP contribution in [0.5, 0.6) is 11.5 Å². The zero-order valence-electron chi connectivity index (χ0n) is 14.2. The predicted molar refractivity (Wildman–Crippen MR) is 99.1 cm³/mol. The normalized spacial score (nSPS) is 15.1. The Labute approximate surface area is 157 Å². The van der Waals surface area contributed by atoms with Crippen LogP contribution in [0.4, 0.5) is 13.2 Å². The van der Waals surface area contributed by atoms with Crippen LogP contribution < -0.4 is 4.74 Å². The van der Waals surface area contributed by atoms with Gasteiger partial charge in [-0.2, -0.15) is 13.2 Å². The molecule has 0 amide bonds. The highest BCUT2D eigenvalue weighted by Crippen LogP contribution is 2.30. The number of ether oxygens (including phenoxy) is 1. The van der Waals surface area contributed by atoms with Crippen LogP contribution in [-0.2, 0) is 6.42 Å². The highest BCUT2D eigenvalue weighted by Gasteiger charge is 2.34. The molecule has 0 N–H and O–H groups in total. The second-order valence-electron chi connectivity index (χ2n) is 6.09. The fourth-order valence-electron chi connectivity index (χ4n) is 2.81. The van der Waals surface area contributed by atoms with E-state index in [1.807, 2.05) is 59.5 Å². The fraction of sp³-hybridized carbons (Fsp3) is 0.300. The largest absolute Gasteiger partial charge is 0.457 e. The summed E-state index contributed by atoms with van der Waals surface area (Å²) in [5.74, 6) is 1.56. The molecule has 0 saturated carbocycles. The van der Waals surface area contributed by atoms with Crippen molar-refractivity contribution in [2.24, 2.45) is 0 Å². The first-order chi connectivity index (χ1) is 12.0. The van der Waals surface area contributed by atoms with Gasteiger partial charge in [0.15, 0.2) is 0 Å². The first-order valence-corrected chi connectivity index (χ1v) is 8.31. The summed E-state index contributed by atoms with van der Waals surface area (Å²) < 4.78 is 43.6. The number of rotatable bonds is 5. The lowest BCUT2D eigenvalue weighted by molar-refractivity contribution is -0.0959. The SMILES string of the molecule is Cl.FC(F)(F)C1=CCN(CCc2ccc(Oc3ccccc3)cc2)CC1. The lowest BCUT2D eigenvalue weighted by Crippen LogP contribution is -2.33. The minimum atomic E-state index is -4.18. The lowest BCUT2D eigenvalue weighted by atomic mass is 10.1. The Balaban J connectivity index is 0.00000243. The lowest BCUT2D eigenvalue weighted by Gasteiger charge is -2.27. The van der Waals surface area contributed by atoms with Crippen LogP contribution in [0.2, 0.25) is 0 Å². The van der Waals surface area contributed by atoms with E-state index in [-0.39, 0.29) is 18.8 Å². The molecule has 0 saturated heterocycles. The number of para-hydroxylation sites is 1. The van der Waals surface area contributed by atoms with Gasteiger partial charge in [-0.3, -0.25) is 4.90 Å². The molecule has 0 bridgehead atoms. The van der Waals surface area contributed by atoms with Crippen molar-refractivity contribution in [2.45, 2.75) is 19.0 Å². The third-order valence-corrected chi connectivity index (χ3v) is 4.28. The van der Waals surface area contributed by atoms with Crippen molar-refractivity contribution in [1.29, 1.82) is 0 Å². The van der Waals surface area contributed by atoms with Crippen LogP contribution in [0, 0.1) is 0 Å². The van der Waals surface area contributed by atoms with E-state index >= 15 is 0 Å². The molecular weight excluding hydrogens is 363 g/mol. The molecule has 0 spiro atoms. The van der Waals surface area contributed by atoms with Gasteiger partial charge in [-0.25, -0.2) is 0 Å². The maximum absolute atomic E-state index is 12.6. The summed E-state index contributed by atoms with van der Waals surface area (Å²) in [5.41, 5.74) is 0.747. The topological polar surface area (TPSA) is 12.5 Å². The molecule has 2 nitrogen and oxygen atoms in total. The van der Waals surface area contributed by atoms with Gasteiger partial charge >= 0.3 is 6.18 Å². The van der Waals surface area contributed by atoms with Crippen LogP contribution in [0.25, 0.3) is 0 Å². The van der Waals surface area contributed by atoms with E-state index in [0.29, 0.717) is 13.1 Å². The summed E-state index contributed by atoms with van der Waals surface area (Å²) in [6.07, 6.45) is -1.99. The number of benzene rings is 2. The summed E-state index contributed by atoms with van der Waals surface area (Å²) >= 11 is 0. The molecule has 0 radical (unpaired) electrons. The van der Waals surface area contributed by atoms with Gasteiger partial charge in [-0.1, -0.05) is 36.4 Å². The van der Waals surface area contributed by atoms with E-state index in [1.54, 1.807) is 0 Å². The summed E-state index contributed by atoms with van der Waals surface area (Å²) in [5, 5.41) is 0. The maximum Gasteiger partial charge on any atom is 0.412 e. The number of hydrogen-bond donors (Lipinski definition) is 0. The zero-order valence-corrected chi connectivity index (χ0v) is 15.0. The molecule has 0 atom stereocenters. The van der Waals surface area contributed by atoms with Gasteiger partial charge in [-0.15, -0.1) is 12.4 Å².